The van der Waals surface area contributed by atoms with Crippen molar-refractivity contribution in [3.63, 3.8) is 0 Å². The van der Waals surface area contributed by atoms with Crippen LogP contribution in [0.4, 0.5) is 5.69 Å². The number of nitrogens with one attached hydrogen (secondary N) is 2. The Morgan fingerprint density at radius 1 is 1.25 bits per heavy atom. The smallest absolute Gasteiger partial charge is 0.191 e. The van der Waals surface area contributed by atoms with Crippen LogP contribution >= 0.6 is 0 Å². The molecule has 0 aliphatic rings. The molecule has 0 saturated heterocycles. The molecule has 2 N–H and O–H groups in total. The van der Waals surface area contributed by atoms with Crippen molar-refractivity contribution in [2.75, 3.05) is 39.2 Å². The second-order valence-corrected chi connectivity index (χ2v) is 6.44. The van der Waals surface area contributed by atoms with E-state index < -0.39 is 0 Å². The van der Waals surface area contributed by atoms with Gasteiger partial charge >= 0.3 is 0 Å². The second kappa shape index (κ2) is 10.9. The average molecular weight is 335 g/mol. The summed E-state index contributed by atoms with van der Waals surface area (Å²) in [6, 6.07) is 8.50. The highest BCUT2D eigenvalue weighted by atomic mass is 16.5. The molecule has 0 aromatic heterocycles. The minimum absolute atomic E-state index is 0.289. The molecular formula is C19H34N4O. The fourth-order valence-electron chi connectivity index (χ4n) is 2.51. The van der Waals surface area contributed by atoms with Crippen LogP contribution in [0.15, 0.2) is 29.3 Å². The predicted molar refractivity (Wildman–Crippen MR) is 104 cm³/mol. The molecule has 0 heterocycles. The van der Waals surface area contributed by atoms with Crippen molar-refractivity contribution in [3.05, 3.63) is 29.8 Å². The van der Waals surface area contributed by atoms with Crippen molar-refractivity contribution in [2.24, 2.45) is 10.9 Å². The van der Waals surface area contributed by atoms with E-state index in [1.165, 1.54) is 11.3 Å². The van der Waals surface area contributed by atoms with Crippen LogP contribution in [0.5, 0.6) is 0 Å². The van der Waals surface area contributed by atoms with Gasteiger partial charge in [-0.1, -0.05) is 26.0 Å². The molecule has 0 aliphatic heterocycles. The Balaban J connectivity index is 2.44. The van der Waals surface area contributed by atoms with Gasteiger partial charge in [0.05, 0.1) is 6.10 Å². The molecule has 0 aliphatic carbocycles. The minimum atomic E-state index is 0.289. The Morgan fingerprint density at radius 3 is 2.58 bits per heavy atom. The fraction of sp³-hybridized carbons (Fsp3) is 0.632. The number of hydrogen-bond donors (Lipinski definition) is 2. The van der Waals surface area contributed by atoms with Crippen LogP contribution in [0, 0.1) is 5.92 Å². The Morgan fingerprint density at radius 2 is 2.00 bits per heavy atom. The van der Waals surface area contributed by atoms with Crippen LogP contribution in [0.25, 0.3) is 0 Å². The van der Waals surface area contributed by atoms with Gasteiger partial charge in [0.1, 0.15) is 0 Å². The third-order valence-electron chi connectivity index (χ3n) is 3.96. The highest BCUT2D eigenvalue weighted by molar-refractivity contribution is 5.79. The SMILES string of the molecule is CCOC(CCNC(=NC)NCc1cccc(N(C)C)c1)C(C)C. The minimum Gasteiger partial charge on any atom is -0.378 e. The molecule has 0 bridgehead atoms. The van der Waals surface area contributed by atoms with E-state index in [9.17, 15) is 0 Å². The number of aliphatic imine (C=N–C) groups is 1. The molecule has 0 saturated carbocycles. The first-order chi connectivity index (χ1) is 11.5. The zero-order chi connectivity index (χ0) is 17.9. The molecule has 0 fully saturated rings. The van der Waals surface area contributed by atoms with E-state index in [0.717, 1.165) is 32.1 Å². The first-order valence-electron chi connectivity index (χ1n) is 8.80. The standard InChI is InChI=1S/C19H34N4O/c1-7-24-18(15(2)3)11-12-21-19(20-4)22-14-16-9-8-10-17(13-16)23(5)6/h8-10,13,15,18H,7,11-12,14H2,1-6H3,(H2,20,21,22). The van der Waals surface area contributed by atoms with Crippen molar-refractivity contribution in [3.8, 4) is 0 Å². The van der Waals surface area contributed by atoms with Crippen molar-refractivity contribution < 1.29 is 4.74 Å². The molecule has 0 spiro atoms. The van der Waals surface area contributed by atoms with Crippen molar-refractivity contribution in [1.29, 1.82) is 0 Å². The highest BCUT2D eigenvalue weighted by Crippen LogP contribution is 2.13. The molecule has 136 valence electrons. The van der Waals surface area contributed by atoms with Crippen LogP contribution in [-0.4, -0.2) is 46.4 Å². The second-order valence-electron chi connectivity index (χ2n) is 6.44. The van der Waals surface area contributed by atoms with Crippen LogP contribution in [0.1, 0.15) is 32.8 Å². The van der Waals surface area contributed by atoms with E-state index >= 15 is 0 Å². The number of hydrogen-bond acceptors (Lipinski definition) is 3. The monoisotopic (exact) mass is 334 g/mol. The largest absolute Gasteiger partial charge is 0.378 e. The van der Waals surface area contributed by atoms with Crippen LogP contribution in [-0.2, 0) is 11.3 Å². The van der Waals surface area contributed by atoms with Gasteiger partial charge < -0.3 is 20.3 Å². The molecule has 5 heteroatoms. The predicted octanol–water partition coefficient (Wildman–Crippen LogP) is 2.87. The van der Waals surface area contributed by atoms with E-state index in [1.54, 1.807) is 7.05 Å². The average Bonchev–Trinajstić information content (AvgIpc) is 2.57. The topological polar surface area (TPSA) is 48.9 Å². The molecule has 1 rings (SSSR count). The summed E-state index contributed by atoms with van der Waals surface area (Å²) in [5.41, 5.74) is 2.44. The van der Waals surface area contributed by atoms with Gasteiger partial charge in [0, 0.05) is 46.5 Å². The van der Waals surface area contributed by atoms with E-state index in [4.69, 9.17) is 4.74 Å². The quantitative estimate of drug-likeness (QED) is 0.538. The maximum absolute atomic E-state index is 5.78. The summed E-state index contributed by atoms with van der Waals surface area (Å²) >= 11 is 0. The van der Waals surface area contributed by atoms with Crippen LogP contribution in [0.3, 0.4) is 0 Å². The fourth-order valence-corrected chi connectivity index (χ4v) is 2.51. The van der Waals surface area contributed by atoms with Crippen molar-refractivity contribution in [2.45, 2.75) is 39.8 Å². The lowest BCUT2D eigenvalue weighted by molar-refractivity contribution is 0.0258. The van der Waals surface area contributed by atoms with Gasteiger partial charge in [0.25, 0.3) is 0 Å². The number of rotatable bonds is 9. The van der Waals surface area contributed by atoms with E-state index in [1.807, 2.05) is 6.92 Å². The lowest BCUT2D eigenvalue weighted by atomic mass is 10.0. The van der Waals surface area contributed by atoms with Gasteiger partial charge in [0.2, 0.25) is 0 Å². The zero-order valence-corrected chi connectivity index (χ0v) is 16.1. The molecule has 1 aromatic carbocycles. The third kappa shape index (κ3) is 7.21. The lowest BCUT2D eigenvalue weighted by Gasteiger charge is -2.21. The van der Waals surface area contributed by atoms with Gasteiger partial charge in [-0.05, 0) is 37.0 Å². The number of anilines is 1. The molecule has 1 atom stereocenters. The summed E-state index contributed by atoms with van der Waals surface area (Å²) in [6.45, 7) is 8.81. The normalized spacial score (nSPS) is 13.0. The molecule has 24 heavy (non-hydrogen) atoms. The molecule has 0 radical (unpaired) electrons. The maximum atomic E-state index is 5.78. The Labute approximate surface area is 147 Å². The Kier molecular flexibility index (Phi) is 9.23. The molecule has 1 unspecified atom stereocenters. The van der Waals surface area contributed by atoms with Gasteiger partial charge in [-0.2, -0.15) is 0 Å². The lowest BCUT2D eigenvalue weighted by Crippen LogP contribution is -2.38. The summed E-state index contributed by atoms with van der Waals surface area (Å²) in [6.07, 6.45) is 1.26. The van der Waals surface area contributed by atoms with Gasteiger partial charge in [0.15, 0.2) is 5.96 Å². The molecule has 5 nitrogen and oxygen atoms in total. The van der Waals surface area contributed by atoms with Crippen LogP contribution in [0.2, 0.25) is 0 Å². The third-order valence-corrected chi connectivity index (χ3v) is 3.96. The number of benzene rings is 1. The van der Waals surface area contributed by atoms with Gasteiger partial charge in [-0.15, -0.1) is 0 Å². The van der Waals surface area contributed by atoms with E-state index in [0.29, 0.717) is 5.92 Å². The first-order valence-corrected chi connectivity index (χ1v) is 8.80. The number of ether oxygens (including phenoxy) is 1. The maximum Gasteiger partial charge on any atom is 0.191 e. The summed E-state index contributed by atoms with van der Waals surface area (Å²) in [5, 5.41) is 6.74. The highest BCUT2D eigenvalue weighted by Gasteiger charge is 2.12. The summed E-state index contributed by atoms with van der Waals surface area (Å²) in [7, 11) is 5.90. The van der Waals surface area contributed by atoms with Crippen molar-refractivity contribution >= 4 is 11.6 Å². The van der Waals surface area contributed by atoms with Crippen LogP contribution < -0.4 is 15.5 Å². The Hall–Kier alpha value is -1.75. The first kappa shape index (κ1) is 20.3. The molecule has 1 aromatic rings. The summed E-state index contributed by atoms with van der Waals surface area (Å²) in [5.74, 6) is 1.35. The van der Waals surface area contributed by atoms with E-state index in [2.05, 4.69) is 72.7 Å². The number of guanidine groups is 1. The van der Waals surface area contributed by atoms with Gasteiger partial charge in [-0.3, -0.25) is 4.99 Å². The zero-order valence-electron chi connectivity index (χ0n) is 16.1. The molecule has 0 amide bonds. The van der Waals surface area contributed by atoms with E-state index in [-0.39, 0.29) is 6.10 Å². The van der Waals surface area contributed by atoms with Gasteiger partial charge in [-0.25, -0.2) is 0 Å². The van der Waals surface area contributed by atoms with Crippen molar-refractivity contribution in [1.82, 2.24) is 10.6 Å². The summed E-state index contributed by atoms with van der Waals surface area (Å²) in [4.78, 5) is 6.40. The summed E-state index contributed by atoms with van der Waals surface area (Å²) < 4.78 is 5.78. The Bertz CT molecular complexity index is 500. The number of nitrogens with zero attached hydrogens (tertiary/aromatic N) is 2. The molecular weight excluding hydrogens is 300 g/mol.